The molecule has 1 heterocycles. The number of carbonyl (C=O) groups is 1. The maximum absolute atomic E-state index is 11.7. The van der Waals surface area contributed by atoms with Crippen molar-refractivity contribution in [1.29, 1.82) is 0 Å². The van der Waals surface area contributed by atoms with Crippen LogP contribution in [0.2, 0.25) is 0 Å². The van der Waals surface area contributed by atoms with Crippen molar-refractivity contribution in [3.8, 4) is 0 Å². The molecule has 35 heavy (non-hydrogen) atoms. The molecule has 0 spiro atoms. The fraction of sp³-hybridized carbons (Fsp3) is 0.640. The third-order valence-corrected chi connectivity index (χ3v) is 7.00. The van der Waals surface area contributed by atoms with Crippen LogP contribution >= 0.6 is 7.82 Å². The summed E-state index contributed by atoms with van der Waals surface area (Å²) in [5.41, 5.74) is -2.05. The SMILES string of the molecule is CC[C@H]1C=CC(=O)O[C@H]1C=C[C@](O)(CCO)[C@@H](C[C@@H](O)/C=C/C=C/C1CCCCC1)OP(=O)(O)O. The van der Waals surface area contributed by atoms with Gasteiger partial charge in [0.25, 0.3) is 0 Å². The van der Waals surface area contributed by atoms with Gasteiger partial charge in [-0.15, -0.1) is 0 Å². The van der Waals surface area contributed by atoms with Gasteiger partial charge in [-0.2, -0.15) is 0 Å². The molecule has 0 bridgehead atoms. The number of phosphoric acid groups is 1. The van der Waals surface area contributed by atoms with E-state index in [-0.39, 0.29) is 18.8 Å². The van der Waals surface area contributed by atoms with Gasteiger partial charge in [-0.3, -0.25) is 4.52 Å². The molecule has 198 valence electrons. The maximum Gasteiger partial charge on any atom is 0.469 e. The number of hydrogen-bond donors (Lipinski definition) is 5. The average molecular weight is 515 g/mol. The summed E-state index contributed by atoms with van der Waals surface area (Å²) in [6, 6.07) is 0. The van der Waals surface area contributed by atoms with Crippen LogP contribution < -0.4 is 0 Å². The van der Waals surface area contributed by atoms with Crippen molar-refractivity contribution < 1.29 is 43.7 Å². The van der Waals surface area contributed by atoms with E-state index in [9.17, 15) is 34.5 Å². The van der Waals surface area contributed by atoms with Crippen molar-refractivity contribution in [3.63, 3.8) is 0 Å². The van der Waals surface area contributed by atoms with Gasteiger partial charge >= 0.3 is 13.8 Å². The van der Waals surface area contributed by atoms with Gasteiger partial charge in [0.2, 0.25) is 0 Å². The molecule has 0 aromatic heterocycles. The molecule has 2 aliphatic rings. The van der Waals surface area contributed by atoms with Crippen LogP contribution in [-0.4, -0.2) is 61.6 Å². The summed E-state index contributed by atoms with van der Waals surface area (Å²) in [6.45, 7) is 1.39. The lowest BCUT2D eigenvalue weighted by molar-refractivity contribution is -0.143. The highest BCUT2D eigenvalue weighted by molar-refractivity contribution is 7.46. The van der Waals surface area contributed by atoms with Gasteiger partial charge in [-0.05, 0) is 31.3 Å². The van der Waals surface area contributed by atoms with Crippen molar-refractivity contribution in [3.05, 3.63) is 48.6 Å². The zero-order chi connectivity index (χ0) is 25.9. The molecular weight excluding hydrogens is 475 g/mol. The Kier molecular flexibility index (Phi) is 12.1. The fourth-order valence-electron chi connectivity index (χ4n) is 4.46. The highest BCUT2D eigenvalue weighted by Crippen LogP contribution is 2.42. The number of aliphatic hydroxyl groups is 3. The van der Waals surface area contributed by atoms with Crippen molar-refractivity contribution in [2.45, 2.75) is 82.2 Å². The Morgan fingerprint density at radius 3 is 2.57 bits per heavy atom. The lowest BCUT2D eigenvalue weighted by Gasteiger charge is -2.35. The summed E-state index contributed by atoms with van der Waals surface area (Å²) < 4.78 is 21.8. The van der Waals surface area contributed by atoms with E-state index in [1.54, 1.807) is 12.2 Å². The van der Waals surface area contributed by atoms with Crippen LogP contribution in [0, 0.1) is 11.8 Å². The standard InChI is InChI=1S/C25H39O9P/c1-2-20-12-13-24(28)33-22(20)14-15-25(29,16-17-26)23(34-35(30,31)32)18-21(27)11-7-6-10-19-8-4-3-5-9-19/h6-7,10-15,19-23,26-27,29H,2-5,8-9,16-18H2,1H3,(H2,30,31,32)/b10-6+,11-7+,15-14?/t20-,21-,22-,23+,25-/m0/s1. The molecule has 1 aliphatic heterocycles. The first-order valence-corrected chi connectivity index (χ1v) is 13.8. The Bertz CT molecular complexity index is 825. The average Bonchev–Trinajstić information content (AvgIpc) is 2.80. The molecule has 0 unspecified atom stereocenters. The molecule has 1 saturated carbocycles. The maximum atomic E-state index is 11.7. The first-order valence-electron chi connectivity index (χ1n) is 12.2. The van der Waals surface area contributed by atoms with E-state index in [1.807, 2.05) is 13.0 Å². The first kappa shape index (κ1) is 29.6. The minimum atomic E-state index is -5.05. The number of carbonyl (C=O) groups excluding carboxylic acids is 1. The minimum Gasteiger partial charge on any atom is -0.454 e. The Hall–Kier alpha value is -1.58. The largest absolute Gasteiger partial charge is 0.469 e. The molecule has 2 rings (SSSR count). The number of ether oxygens (including phenoxy) is 1. The van der Waals surface area contributed by atoms with Crippen molar-refractivity contribution in [2.24, 2.45) is 11.8 Å². The molecular formula is C25H39O9P. The number of allylic oxidation sites excluding steroid dienone is 3. The van der Waals surface area contributed by atoms with Crippen LogP contribution in [0.4, 0.5) is 0 Å². The van der Waals surface area contributed by atoms with Crippen LogP contribution in [0.1, 0.15) is 58.3 Å². The second-order valence-electron chi connectivity index (χ2n) is 9.21. The monoisotopic (exact) mass is 514 g/mol. The van der Waals surface area contributed by atoms with E-state index in [2.05, 4.69) is 6.08 Å². The Labute approximate surface area is 207 Å². The molecule has 9 nitrogen and oxygen atoms in total. The van der Waals surface area contributed by atoms with Gasteiger partial charge in [-0.25, -0.2) is 9.36 Å². The van der Waals surface area contributed by atoms with E-state index >= 15 is 0 Å². The second kappa shape index (κ2) is 14.2. The smallest absolute Gasteiger partial charge is 0.454 e. The zero-order valence-electron chi connectivity index (χ0n) is 20.2. The number of phosphoric ester groups is 1. The summed E-state index contributed by atoms with van der Waals surface area (Å²) in [5, 5.41) is 31.3. The molecule has 1 aliphatic carbocycles. The van der Waals surface area contributed by atoms with E-state index < -0.39 is 44.3 Å². The Balaban J connectivity index is 2.16. The summed E-state index contributed by atoms with van der Waals surface area (Å²) in [4.78, 5) is 30.5. The molecule has 1 fully saturated rings. The van der Waals surface area contributed by atoms with Crippen LogP contribution in [-0.2, 0) is 18.6 Å². The van der Waals surface area contributed by atoms with Gasteiger partial charge in [0.15, 0.2) is 0 Å². The molecule has 10 heteroatoms. The normalized spacial score (nSPS) is 25.8. The van der Waals surface area contributed by atoms with Crippen molar-refractivity contribution in [2.75, 3.05) is 6.61 Å². The van der Waals surface area contributed by atoms with Crippen molar-refractivity contribution >= 4 is 13.8 Å². The molecule has 0 aromatic carbocycles. The van der Waals surface area contributed by atoms with E-state index in [0.717, 1.165) is 12.8 Å². The number of hydrogen-bond acceptors (Lipinski definition) is 7. The van der Waals surface area contributed by atoms with E-state index in [1.165, 1.54) is 43.6 Å². The fourth-order valence-corrected chi connectivity index (χ4v) is 5.06. The summed E-state index contributed by atoms with van der Waals surface area (Å²) >= 11 is 0. The molecule has 0 radical (unpaired) electrons. The van der Waals surface area contributed by atoms with Crippen LogP contribution in [0.5, 0.6) is 0 Å². The third-order valence-electron chi connectivity index (χ3n) is 6.47. The minimum absolute atomic E-state index is 0.145. The van der Waals surface area contributed by atoms with E-state index in [4.69, 9.17) is 9.26 Å². The van der Waals surface area contributed by atoms with E-state index in [0.29, 0.717) is 12.3 Å². The number of esters is 1. The van der Waals surface area contributed by atoms with Crippen LogP contribution in [0.15, 0.2) is 48.6 Å². The molecule has 5 atom stereocenters. The molecule has 0 saturated heterocycles. The Morgan fingerprint density at radius 2 is 1.94 bits per heavy atom. The number of aliphatic hydroxyl groups excluding tert-OH is 2. The number of cyclic esters (lactones) is 1. The van der Waals surface area contributed by atoms with Crippen LogP contribution in [0.3, 0.4) is 0 Å². The molecule has 5 N–H and O–H groups in total. The summed E-state index contributed by atoms with van der Waals surface area (Å²) in [7, 11) is -5.05. The highest BCUT2D eigenvalue weighted by atomic mass is 31.2. The molecule has 0 amide bonds. The van der Waals surface area contributed by atoms with Gasteiger partial charge in [0.1, 0.15) is 17.8 Å². The quantitative estimate of drug-likeness (QED) is 0.108. The van der Waals surface area contributed by atoms with Gasteiger partial charge in [0.05, 0.1) is 6.10 Å². The summed E-state index contributed by atoms with van der Waals surface area (Å²) in [5.74, 6) is -0.181. The third kappa shape index (κ3) is 10.5. The van der Waals surface area contributed by atoms with Gasteiger partial charge in [0, 0.05) is 31.4 Å². The lowest BCUT2D eigenvalue weighted by Crippen LogP contribution is -2.45. The predicted octanol–water partition coefficient (Wildman–Crippen LogP) is 3.09. The highest BCUT2D eigenvalue weighted by Gasteiger charge is 2.40. The second-order valence-corrected chi connectivity index (χ2v) is 10.4. The first-order chi connectivity index (χ1) is 16.6. The summed E-state index contributed by atoms with van der Waals surface area (Å²) in [6.07, 6.45) is 15.2. The van der Waals surface area contributed by atoms with Gasteiger partial charge < -0.3 is 29.8 Å². The zero-order valence-corrected chi connectivity index (χ0v) is 21.1. The lowest BCUT2D eigenvalue weighted by atomic mass is 9.87. The predicted molar refractivity (Wildman–Crippen MR) is 131 cm³/mol. The van der Waals surface area contributed by atoms with Crippen molar-refractivity contribution in [1.82, 2.24) is 0 Å². The van der Waals surface area contributed by atoms with Gasteiger partial charge in [-0.1, -0.05) is 62.6 Å². The topological polar surface area (TPSA) is 154 Å². The number of rotatable bonds is 13. The Morgan fingerprint density at radius 1 is 1.23 bits per heavy atom. The molecule has 0 aromatic rings. The van der Waals surface area contributed by atoms with Crippen LogP contribution in [0.25, 0.3) is 0 Å².